The number of aromatic amines is 1. The van der Waals surface area contributed by atoms with E-state index in [1.165, 1.54) is 40.1 Å². The van der Waals surface area contributed by atoms with Crippen LogP contribution in [-0.2, 0) is 6.42 Å². The molecule has 5 nitrogen and oxygen atoms in total. The highest BCUT2D eigenvalue weighted by Gasteiger charge is 2.20. The molecule has 1 fully saturated rings. The molecular weight excluding hydrogens is 464 g/mol. The Bertz CT molecular complexity index is 1370. The average Bonchev–Trinajstić information content (AvgIpc) is 3.46. The Morgan fingerprint density at radius 1 is 1.26 bits per heavy atom. The number of H-pyrrole nitrogens is 1. The minimum absolute atomic E-state index is 0.0608. The summed E-state index contributed by atoms with van der Waals surface area (Å²) in [5.41, 5.74) is 8.17. The lowest BCUT2D eigenvalue weighted by Gasteiger charge is -2.11. The number of aryl methyl sites for hydroxylation is 2. The summed E-state index contributed by atoms with van der Waals surface area (Å²) in [6.45, 7) is 6.38. The number of pyridine rings is 1. The summed E-state index contributed by atoms with van der Waals surface area (Å²) in [7, 11) is 0. The highest BCUT2D eigenvalue weighted by atomic mass is 35.5. The summed E-state index contributed by atoms with van der Waals surface area (Å²) < 4.78 is 1.13. The SMILES string of the molecule is C#N.Cc1c(CCC(Nc2cccc(Cl)c2)=C2CC2)sc2c(NCC3=CC=CC3)cc(=O)[nH]c12. The van der Waals surface area contributed by atoms with Gasteiger partial charge in [0.1, 0.15) is 0 Å². The largest absolute Gasteiger partial charge is 0.380 e. The Morgan fingerprint density at radius 2 is 2.09 bits per heavy atom. The Hall–Kier alpha value is -3.27. The van der Waals surface area contributed by atoms with Crippen molar-refractivity contribution in [2.75, 3.05) is 17.2 Å². The summed E-state index contributed by atoms with van der Waals surface area (Å²) in [5.74, 6) is 0. The van der Waals surface area contributed by atoms with Gasteiger partial charge in [-0.1, -0.05) is 41.5 Å². The fraction of sp³-hybridized carbons (Fsp3) is 0.259. The number of rotatable bonds is 8. The van der Waals surface area contributed by atoms with E-state index >= 15 is 0 Å². The van der Waals surface area contributed by atoms with E-state index in [0.29, 0.717) is 0 Å². The summed E-state index contributed by atoms with van der Waals surface area (Å²) in [6.07, 6.45) is 11.6. The number of aromatic nitrogens is 1. The number of nitriles is 1. The maximum atomic E-state index is 12.3. The Labute approximate surface area is 208 Å². The minimum Gasteiger partial charge on any atom is -0.380 e. The molecule has 1 saturated carbocycles. The first-order valence-electron chi connectivity index (χ1n) is 11.3. The lowest BCUT2D eigenvalue weighted by molar-refractivity contribution is 0.951. The summed E-state index contributed by atoms with van der Waals surface area (Å²) >= 11 is 7.95. The van der Waals surface area contributed by atoms with E-state index in [2.05, 4.69) is 53.4 Å². The van der Waals surface area contributed by atoms with Crippen LogP contribution in [0.1, 0.15) is 36.1 Å². The fourth-order valence-corrected chi connectivity index (χ4v) is 5.57. The van der Waals surface area contributed by atoms with Crippen LogP contribution in [-0.4, -0.2) is 11.5 Å². The second-order valence-electron chi connectivity index (χ2n) is 8.43. The zero-order valence-corrected chi connectivity index (χ0v) is 20.7. The van der Waals surface area contributed by atoms with Gasteiger partial charge in [0.2, 0.25) is 0 Å². The maximum absolute atomic E-state index is 12.3. The number of hydrogen-bond acceptors (Lipinski definition) is 5. The van der Waals surface area contributed by atoms with Crippen LogP contribution in [0.3, 0.4) is 0 Å². The molecule has 34 heavy (non-hydrogen) atoms. The first kappa shape index (κ1) is 23.9. The van der Waals surface area contributed by atoms with Crippen molar-refractivity contribution in [3.8, 4) is 6.57 Å². The second-order valence-corrected chi connectivity index (χ2v) is 9.97. The number of hydrogen-bond donors (Lipinski definition) is 3. The molecule has 2 aliphatic rings. The van der Waals surface area contributed by atoms with Crippen LogP contribution in [0.5, 0.6) is 0 Å². The highest BCUT2D eigenvalue weighted by Crippen LogP contribution is 2.38. The number of thiophene rings is 1. The molecule has 0 unspecified atom stereocenters. The molecule has 0 radical (unpaired) electrons. The predicted octanol–water partition coefficient (Wildman–Crippen LogP) is 7.08. The van der Waals surface area contributed by atoms with Gasteiger partial charge in [-0.3, -0.25) is 4.79 Å². The molecule has 0 spiro atoms. The topological polar surface area (TPSA) is 80.7 Å². The number of halogens is 1. The second kappa shape index (κ2) is 10.8. The van der Waals surface area contributed by atoms with Gasteiger partial charge < -0.3 is 15.6 Å². The van der Waals surface area contributed by atoms with Crippen molar-refractivity contribution in [2.24, 2.45) is 0 Å². The lowest BCUT2D eigenvalue weighted by atomic mass is 10.1. The van der Waals surface area contributed by atoms with Crippen LogP contribution >= 0.6 is 22.9 Å². The molecule has 5 rings (SSSR count). The van der Waals surface area contributed by atoms with Gasteiger partial charge in [-0.05, 0) is 68.4 Å². The Balaban J connectivity index is 0.00000133. The van der Waals surface area contributed by atoms with Crippen LogP contribution in [0.25, 0.3) is 10.2 Å². The first-order valence-corrected chi connectivity index (χ1v) is 12.5. The lowest BCUT2D eigenvalue weighted by Crippen LogP contribution is -2.09. The smallest absolute Gasteiger partial charge is 0.250 e. The number of benzene rings is 1. The van der Waals surface area contributed by atoms with Crippen LogP contribution in [0.15, 0.2) is 70.2 Å². The molecule has 2 heterocycles. The van der Waals surface area contributed by atoms with Crippen LogP contribution < -0.4 is 16.2 Å². The monoisotopic (exact) mass is 490 g/mol. The molecule has 2 aromatic heterocycles. The molecule has 0 bridgehead atoms. The number of anilines is 2. The first-order chi connectivity index (χ1) is 16.6. The van der Waals surface area contributed by atoms with E-state index in [-0.39, 0.29) is 5.56 Å². The van der Waals surface area contributed by atoms with Gasteiger partial charge in [-0.25, -0.2) is 5.26 Å². The van der Waals surface area contributed by atoms with Crippen molar-refractivity contribution >= 4 is 44.5 Å². The molecule has 0 amide bonds. The van der Waals surface area contributed by atoms with E-state index in [4.69, 9.17) is 16.9 Å². The molecule has 0 aliphatic heterocycles. The third-order valence-electron chi connectivity index (χ3n) is 6.02. The number of nitrogens with zero attached hydrogens (tertiary/aromatic N) is 1. The normalized spacial score (nSPS) is 13.9. The molecule has 3 aromatic rings. The van der Waals surface area contributed by atoms with Gasteiger partial charge in [0.05, 0.1) is 15.9 Å². The van der Waals surface area contributed by atoms with Crippen molar-refractivity contribution in [3.05, 3.63) is 91.2 Å². The van der Waals surface area contributed by atoms with E-state index in [0.717, 1.165) is 52.4 Å². The van der Waals surface area contributed by atoms with Gasteiger partial charge in [-0.15, -0.1) is 11.3 Å². The standard InChI is InChI=1S/C26H26ClN3OS.CHN/c1-16-23(12-11-21(18-9-10-18)29-20-8-4-7-19(27)13-20)32-26-22(14-24(31)30-25(16)26)28-15-17-5-2-3-6-17;1-2/h2-5,7-8,13-14,29H,6,9-12,15H2,1H3,(H2,28,30,31);1H. The Morgan fingerprint density at radius 3 is 2.79 bits per heavy atom. The van der Waals surface area contributed by atoms with E-state index in [1.807, 2.05) is 18.2 Å². The van der Waals surface area contributed by atoms with Crippen molar-refractivity contribution in [1.29, 1.82) is 5.26 Å². The molecule has 0 atom stereocenters. The zero-order valence-electron chi connectivity index (χ0n) is 19.1. The number of nitrogens with one attached hydrogen (secondary N) is 3. The molecule has 2 aliphatic carbocycles. The predicted molar refractivity (Wildman–Crippen MR) is 144 cm³/mol. The molecule has 174 valence electrons. The molecule has 0 saturated heterocycles. The molecule has 3 N–H and O–H groups in total. The Kier molecular flexibility index (Phi) is 7.56. The van der Waals surface area contributed by atoms with Crippen molar-refractivity contribution < 1.29 is 0 Å². The van der Waals surface area contributed by atoms with Gasteiger partial charge in [0, 0.05) is 40.5 Å². The van der Waals surface area contributed by atoms with Crippen LogP contribution in [0, 0.1) is 18.8 Å². The third kappa shape index (κ3) is 5.61. The van der Waals surface area contributed by atoms with Gasteiger partial charge in [0.25, 0.3) is 5.56 Å². The minimum atomic E-state index is -0.0608. The van der Waals surface area contributed by atoms with Crippen molar-refractivity contribution in [2.45, 2.75) is 39.0 Å². The summed E-state index contributed by atoms with van der Waals surface area (Å²) in [5, 5.41) is 14.3. The van der Waals surface area contributed by atoms with E-state index in [9.17, 15) is 4.79 Å². The van der Waals surface area contributed by atoms with Crippen molar-refractivity contribution in [3.63, 3.8) is 0 Å². The highest BCUT2D eigenvalue weighted by molar-refractivity contribution is 7.19. The number of allylic oxidation sites excluding steroid dienone is 5. The van der Waals surface area contributed by atoms with E-state index < -0.39 is 0 Å². The third-order valence-corrected chi connectivity index (χ3v) is 7.64. The van der Waals surface area contributed by atoms with Crippen molar-refractivity contribution in [1.82, 2.24) is 4.98 Å². The maximum Gasteiger partial charge on any atom is 0.250 e. The van der Waals surface area contributed by atoms with Crippen LogP contribution in [0.2, 0.25) is 5.02 Å². The molecule has 7 heteroatoms. The molecule has 1 aromatic carbocycles. The summed E-state index contributed by atoms with van der Waals surface area (Å²) in [6, 6.07) is 9.57. The fourth-order valence-electron chi connectivity index (χ4n) is 4.13. The van der Waals surface area contributed by atoms with Gasteiger partial charge in [0.15, 0.2) is 0 Å². The van der Waals surface area contributed by atoms with E-state index in [1.54, 1.807) is 17.4 Å². The average molecular weight is 491 g/mol. The van der Waals surface area contributed by atoms with Crippen LogP contribution in [0.4, 0.5) is 11.4 Å². The van der Waals surface area contributed by atoms with Gasteiger partial charge in [-0.2, -0.15) is 0 Å². The van der Waals surface area contributed by atoms with Gasteiger partial charge >= 0.3 is 0 Å². The summed E-state index contributed by atoms with van der Waals surface area (Å²) in [4.78, 5) is 16.7. The zero-order chi connectivity index (χ0) is 24.1. The molecular formula is C27H27ClN4OS. The number of fused-ring (bicyclic) bond motifs is 1. The quantitative estimate of drug-likeness (QED) is 0.315.